The molecule has 0 radical (unpaired) electrons. The van der Waals surface area contributed by atoms with Crippen molar-refractivity contribution in [1.29, 1.82) is 0 Å². The van der Waals surface area contributed by atoms with Crippen LogP contribution in [0.2, 0.25) is 4.34 Å². The van der Waals surface area contributed by atoms with Crippen molar-refractivity contribution in [1.82, 2.24) is 19.6 Å². The summed E-state index contributed by atoms with van der Waals surface area (Å²) in [6.45, 7) is 0. The second-order valence-electron chi connectivity index (χ2n) is 7.84. The summed E-state index contributed by atoms with van der Waals surface area (Å²) in [4.78, 5) is 25.4. The number of carbonyl (C=O) groups is 1. The van der Waals surface area contributed by atoms with E-state index in [0.717, 1.165) is 16.8 Å². The van der Waals surface area contributed by atoms with Crippen molar-refractivity contribution < 1.29 is 9.90 Å². The number of thiophene rings is 1. The smallest absolute Gasteiger partial charge is 0.255 e. The molecule has 1 N–H and O–H groups in total. The van der Waals surface area contributed by atoms with Crippen molar-refractivity contribution in [3.05, 3.63) is 110 Å². The van der Waals surface area contributed by atoms with Crippen LogP contribution in [0.25, 0.3) is 22.5 Å². The summed E-state index contributed by atoms with van der Waals surface area (Å²) in [5.74, 6) is 0.136. The Balaban J connectivity index is 1.48. The first-order chi connectivity index (χ1) is 17.0. The Morgan fingerprint density at radius 1 is 1.03 bits per heavy atom. The van der Waals surface area contributed by atoms with Crippen LogP contribution in [-0.2, 0) is 6.42 Å². The number of carbonyl (C=O) groups excluding carboxylic acids is 1. The largest absolute Gasteiger partial charge is 0.508 e. The normalized spacial score (nSPS) is 11.0. The molecular weight excluding hydrogens is 484 g/mol. The first kappa shape index (κ1) is 22.8. The van der Waals surface area contributed by atoms with Crippen LogP contribution < -0.4 is 5.56 Å². The number of aromatic hydroxyl groups is 1. The molecule has 5 aromatic rings. The summed E-state index contributed by atoms with van der Waals surface area (Å²) in [6, 6.07) is 20.9. The average molecular weight is 503 g/mol. The van der Waals surface area contributed by atoms with Crippen molar-refractivity contribution in [2.24, 2.45) is 0 Å². The topological polar surface area (TPSA) is 90.0 Å². The standard InChI is InChI=1S/C26H19ClN4O3S/c27-25-12-11-24(35-25)23(33)10-7-18-16-31(29-28-18)22-9-8-19(30-13-2-1-6-26(30)34)15-21(22)17-4-3-5-20(32)14-17/h1-6,8-9,11-16,32H,7,10H2. The van der Waals surface area contributed by atoms with E-state index in [1.165, 1.54) is 17.4 Å². The van der Waals surface area contributed by atoms with E-state index in [0.29, 0.717) is 33.4 Å². The van der Waals surface area contributed by atoms with E-state index >= 15 is 0 Å². The third-order valence-corrected chi connectivity index (χ3v) is 6.75. The van der Waals surface area contributed by atoms with Gasteiger partial charge in [-0.3, -0.25) is 14.2 Å². The number of phenolic OH excluding ortho intramolecular Hbond substituents is 1. The molecule has 174 valence electrons. The quantitative estimate of drug-likeness (QED) is 0.304. The van der Waals surface area contributed by atoms with Gasteiger partial charge in [0, 0.05) is 36.4 Å². The molecule has 0 saturated carbocycles. The van der Waals surface area contributed by atoms with Gasteiger partial charge in [0.05, 0.1) is 26.8 Å². The number of benzene rings is 2. The van der Waals surface area contributed by atoms with Crippen LogP contribution in [-0.4, -0.2) is 30.5 Å². The zero-order chi connectivity index (χ0) is 24.4. The molecule has 35 heavy (non-hydrogen) atoms. The van der Waals surface area contributed by atoms with Crippen molar-refractivity contribution in [3.8, 4) is 28.3 Å². The van der Waals surface area contributed by atoms with E-state index < -0.39 is 0 Å². The Morgan fingerprint density at radius 3 is 2.69 bits per heavy atom. The Bertz CT molecular complexity index is 1590. The number of Topliss-reactive ketones (excluding diaryl/α,β-unsaturated/α-hetero) is 1. The number of pyridine rings is 1. The van der Waals surface area contributed by atoms with Crippen LogP contribution in [0.15, 0.2) is 90.0 Å². The van der Waals surface area contributed by atoms with E-state index in [1.54, 1.807) is 64.1 Å². The summed E-state index contributed by atoms with van der Waals surface area (Å²) in [5, 5.41) is 18.6. The predicted octanol–water partition coefficient (Wildman–Crippen LogP) is 5.32. The molecule has 5 rings (SSSR count). The van der Waals surface area contributed by atoms with Crippen LogP contribution in [0, 0.1) is 0 Å². The molecule has 0 spiro atoms. The lowest BCUT2D eigenvalue weighted by Gasteiger charge is -2.13. The fourth-order valence-electron chi connectivity index (χ4n) is 3.78. The van der Waals surface area contributed by atoms with Gasteiger partial charge in [-0.25, -0.2) is 4.68 Å². The second-order valence-corrected chi connectivity index (χ2v) is 9.56. The zero-order valence-electron chi connectivity index (χ0n) is 18.3. The van der Waals surface area contributed by atoms with Crippen LogP contribution in [0.5, 0.6) is 5.75 Å². The third kappa shape index (κ3) is 4.94. The molecule has 2 aromatic carbocycles. The fourth-order valence-corrected chi connectivity index (χ4v) is 4.79. The van der Waals surface area contributed by atoms with Gasteiger partial charge in [0.25, 0.3) is 5.56 Å². The van der Waals surface area contributed by atoms with E-state index in [-0.39, 0.29) is 17.1 Å². The number of halogens is 1. The number of nitrogens with zero attached hydrogens (tertiary/aromatic N) is 4. The summed E-state index contributed by atoms with van der Waals surface area (Å²) < 4.78 is 3.77. The Hall–Kier alpha value is -4.01. The van der Waals surface area contributed by atoms with Crippen LogP contribution in [0.1, 0.15) is 21.8 Å². The highest BCUT2D eigenvalue weighted by Crippen LogP contribution is 2.31. The van der Waals surface area contributed by atoms with Crippen molar-refractivity contribution >= 4 is 28.7 Å². The molecule has 9 heteroatoms. The van der Waals surface area contributed by atoms with Gasteiger partial charge in [-0.15, -0.1) is 16.4 Å². The van der Waals surface area contributed by atoms with Gasteiger partial charge in [0.1, 0.15) is 5.75 Å². The minimum atomic E-state index is -0.151. The number of ketones is 1. The maximum Gasteiger partial charge on any atom is 0.255 e. The van der Waals surface area contributed by atoms with Crippen molar-refractivity contribution in [2.45, 2.75) is 12.8 Å². The fraction of sp³-hybridized carbons (Fsp3) is 0.0769. The molecule has 0 unspecified atom stereocenters. The minimum absolute atomic E-state index is 0.00885. The SMILES string of the molecule is O=C(CCc1cn(-c2ccc(-n3ccccc3=O)cc2-c2cccc(O)c2)nn1)c1ccc(Cl)s1. The molecule has 0 aliphatic rings. The number of phenols is 1. The lowest BCUT2D eigenvalue weighted by atomic mass is 10.0. The Kier molecular flexibility index (Phi) is 6.31. The van der Waals surface area contributed by atoms with Gasteiger partial charge in [0.2, 0.25) is 0 Å². The first-order valence-corrected chi connectivity index (χ1v) is 12.0. The minimum Gasteiger partial charge on any atom is -0.508 e. The van der Waals surface area contributed by atoms with Crippen molar-refractivity contribution in [3.63, 3.8) is 0 Å². The van der Waals surface area contributed by atoms with Crippen LogP contribution in [0.3, 0.4) is 0 Å². The molecule has 0 fully saturated rings. The molecule has 0 saturated heterocycles. The lowest BCUT2D eigenvalue weighted by Crippen LogP contribution is -2.15. The first-order valence-electron chi connectivity index (χ1n) is 10.8. The van der Waals surface area contributed by atoms with E-state index in [1.807, 2.05) is 24.3 Å². The van der Waals surface area contributed by atoms with Gasteiger partial charge in [-0.05, 0) is 54.1 Å². The highest BCUT2D eigenvalue weighted by molar-refractivity contribution is 7.18. The maximum absolute atomic E-state index is 12.4. The molecule has 0 aliphatic heterocycles. The Morgan fingerprint density at radius 2 is 1.91 bits per heavy atom. The number of aryl methyl sites for hydroxylation is 1. The molecule has 0 amide bonds. The number of hydrogen-bond donors (Lipinski definition) is 1. The highest BCUT2D eigenvalue weighted by atomic mass is 35.5. The lowest BCUT2D eigenvalue weighted by molar-refractivity contribution is 0.0986. The second kappa shape index (κ2) is 9.69. The van der Waals surface area contributed by atoms with E-state index in [2.05, 4.69) is 10.3 Å². The molecular formula is C26H19ClN4O3S. The van der Waals surface area contributed by atoms with E-state index in [9.17, 15) is 14.7 Å². The molecule has 0 bridgehead atoms. The molecule has 0 aliphatic carbocycles. The molecule has 7 nitrogen and oxygen atoms in total. The summed E-state index contributed by atoms with van der Waals surface area (Å²) in [5.41, 5.74) is 3.44. The van der Waals surface area contributed by atoms with Crippen LogP contribution >= 0.6 is 22.9 Å². The molecule has 3 heterocycles. The van der Waals surface area contributed by atoms with Crippen molar-refractivity contribution in [2.75, 3.05) is 0 Å². The van der Waals surface area contributed by atoms with Crippen LogP contribution in [0.4, 0.5) is 0 Å². The zero-order valence-corrected chi connectivity index (χ0v) is 19.9. The maximum atomic E-state index is 12.4. The number of rotatable bonds is 7. The summed E-state index contributed by atoms with van der Waals surface area (Å²) >= 11 is 7.20. The van der Waals surface area contributed by atoms with Gasteiger partial charge in [-0.1, -0.05) is 35.0 Å². The van der Waals surface area contributed by atoms with Gasteiger partial charge in [0.15, 0.2) is 5.78 Å². The third-order valence-electron chi connectivity index (χ3n) is 5.48. The van der Waals surface area contributed by atoms with E-state index in [4.69, 9.17) is 11.6 Å². The highest BCUT2D eigenvalue weighted by Gasteiger charge is 2.14. The van der Waals surface area contributed by atoms with Gasteiger partial charge >= 0.3 is 0 Å². The number of aromatic nitrogens is 4. The van der Waals surface area contributed by atoms with Gasteiger partial charge in [-0.2, -0.15) is 0 Å². The van der Waals surface area contributed by atoms with Gasteiger partial charge < -0.3 is 5.11 Å². The average Bonchev–Trinajstić information content (AvgIpc) is 3.52. The monoisotopic (exact) mass is 502 g/mol. The molecule has 3 aromatic heterocycles. The summed E-state index contributed by atoms with van der Waals surface area (Å²) in [6.07, 6.45) is 4.22. The summed E-state index contributed by atoms with van der Waals surface area (Å²) in [7, 11) is 0. The predicted molar refractivity (Wildman–Crippen MR) is 136 cm³/mol. The Labute approximate surface area is 209 Å². The number of hydrogen-bond acceptors (Lipinski definition) is 6. The molecule has 0 atom stereocenters.